The third kappa shape index (κ3) is 5.76. The number of carbonyl (C=O) groups excluding carboxylic acids is 2. The Bertz CT molecular complexity index is 1160. The fraction of sp³-hybridized carbons (Fsp3) is 0.379. The number of ether oxygens (including phenoxy) is 1. The minimum absolute atomic E-state index is 0.100. The predicted molar refractivity (Wildman–Crippen MR) is 142 cm³/mol. The molecule has 1 fully saturated rings. The second-order valence-corrected chi connectivity index (χ2v) is 10.5. The maximum atomic E-state index is 14.0. The molecule has 1 heterocycles. The van der Waals surface area contributed by atoms with Gasteiger partial charge in [-0.25, -0.2) is 0 Å². The molecule has 0 saturated heterocycles. The fourth-order valence-electron chi connectivity index (χ4n) is 5.18. The Kier molecular flexibility index (Phi) is 7.91. The summed E-state index contributed by atoms with van der Waals surface area (Å²) in [6.45, 7) is 6.07. The first-order valence-electron chi connectivity index (χ1n) is 12.2. The van der Waals surface area contributed by atoms with E-state index in [0.29, 0.717) is 5.75 Å². The molecule has 184 valence electrons. The van der Waals surface area contributed by atoms with Crippen molar-refractivity contribution in [1.29, 1.82) is 0 Å². The van der Waals surface area contributed by atoms with Crippen LogP contribution in [0.4, 0.5) is 5.69 Å². The average Bonchev–Trinajstić information content (AvgIpc) is 3.52. The molecular weight excluding hydrogens is 456 g/mol. The van der Waals surface area contributed by atoms with Crippen molar-refractivity contribution >= 4 is 28.8 Å². The predicted octanol–water partition coefficient (Wildman–Crippen LogP) is 6.06. The van der Waals surface area contributed by atoms with E-state index in [0.717, 1.165) is 58.5 Å². The summed E-state index contributed by atoms with van der Waals surface area (Å²) in [5.41, 5.74) is 4.61. The van der Waals surface area contributed by atoms with Crippen molar-refractivity contribution in [2.45, 2.75) is 65.0 Å². The van der Waals surface area contributed by atoms with Gasteiger partial charge in [0.15, 0.2) is 0 Å². The third-order valence-electron chi connectivity index (χ3n) is 6.67. The minimum Gasteiger partial charge on any atom is -0.497 e. The molecule has 1 saturated carbocycles. The van der Waals surface area contributed by atoms with Gasteiger partial charge in [-0.3, -0.25) is 14.5 Å². The lowest BCUT2D eigenvalue weighted by molar-refractivity contribution is -0.127. The van der Waals surface area contributed by atoms with Crippen LogP contribution < -0.4 is 15.0 Å². The van der Waals surface area contributed by atoms with Crippen molar-refractivity contribution in [3.63, 3.8) is 0 Å². The molecule has 0 radical (unpaired) electrons. The van der Waals surface area contributed by atoms with Crippen LogP contribution in [0, 0.1) is 20.8 Å². The Morgan fingerprint density at radius 2 is 1.77 bits per heavy atom. The van der Waals surface area contributed by atoms with E-state index in [9.17, 15) is 9.59 Å². The van der Waals surface area contributed by atoms with Gasteiger partial charge >= 0.3 is 0 Å². The highest BCUT2D eigenvalue weighted by Crippen LogP contribution is 2.36. The van der Waals surface area contributed by atoms with E-state index in [2.05, 4.69) is 17.4 Å². The van der Waals surface area contributed by atoms with Gasteiger partial charge in [-0.15, -0.1) is 11.3 Å². The molecule has 2 amide bonds. The normalized spacial score (nSPS) is 14.5. The molecule has 0 aliphatic heterocycles. The number of thiophene rings is 1. The molecule has 3 aromatic rings. The van der Waals surface area contributed by atoms with Crippen LogP contribution in [0.15, 0.2) is 53.9 Å². The summed E-state index contributed by atoms with van der Waals surface area (Å²) in [7, 11) is 1.61. The molecule has 1 aromatic heterocycles. The highest BCUT2D eigenvalue weighted by atomic mass is 32.1. The van der Waals surface area contributed by atoms with Crippen molar-refractivity contribution in [3.05, 3.63) is 81.0 Å². The lowest BCUT2D eigenvalue weighted by atomic mass is 9.97. The van der Waals surface area contributed by atoms with Crippen molar-refractivity contribution in [2.24, 2.45) is 0 Å². The number of methoxy groups -OCH3 is 1. The number of nitrogens with zero attached hydrogens (tertiary/aromatic N) is 1. The van der Waals surface area contributed by atoms with Gasteiger partial charge in [-0.05, 0) is 73.9 Å². The Morgan fingerprint density at radius 3 is 2.40 bits per heavy atom. The molecule has 0 spiro atoms. The van der Waals surface area contributed by atoms with Gasteiger partial charge in [0.25, 0.3) is 0 Å². The van der Waals surface area contributed by atoms with Crippen LogP contribution in [0.3, 0.4) is 0 Å². The molecule has 0 bridgehead atoms. The molecular formula is C29H34N2O3S. The molecule has 1 atom stereocenters. The highest BCUT2D eigenvalue weighted by Gasteiger charge is 2.36. The van der Waals surface area contributed by atoms with Gasteiger partial charge in [0, 0.05) is 10.9 Å². The number of nitrogens with one attached hydrogen (secondary N) is 1. The molecule has 4 rings (SSSR count). The zero-order valence-electron chi connectivity index (χ0n) is 21.0. The summed E-state index contributed by atoms with van der Waals surface area (Å²) >= 11 is 1.55. The standard InChI is InChI=1S/C29H34N2O3S/c1-19-15-20(2)27(21(3)16-19)31(26(32)18-25-13-8-14-35-25)28(22-9-7-12-24(17-22)34-4)29(33)30-23-10-5-6-11-23/h7-9,12-17,23,28H,5-6,10-11,18H2,1-4H3,(H,30,33). The number of amides is 2. The van der Waals surface area contributed by atoms with Crippen molar-refractivity contribution in [3.8, 4) is 5.75 Å². The molecule has 2 aromatic carbocycles. The maximum absolute atomic E-state index is 14.0. The van der Waals surface area contributed by atoms with Gasteiger partial charge in [-0.1, -0.05) is 48.7 Å². The van der Waals surface area contributed by atoms with E-state index in [1.807, 2.05) is 62.5 Å². The van der Waals surface area contributed by atoms with Crippen molar-refractivity contribution in [2.75, 3.05) is 12.0 Å². The summed E-state index contributed by atoms with van der Waals surface area (Å²) in [6, 6.07) is 14.9. The van der Waals surface area contributed by atoms with E-state index in [-0.39, 0.29) is 24.3 Å². The van der Waals surface area contributed by atoms with Crippen molar-refractivity contribution < 1.29 is 14.3 Å². The van der Waals surface area contributed by atoms with Crippen LogP contribution in [0.25, 0.3) is 0 Å². The van der Waals surface area contributed by atoms with Crippen LogP contribution in [0.1, 0.15) is 58.9 Å². The fourth-order valence-corrected chi connectivity index (χ4v) is 5.87. The topological polar surface area (TPSA) is 58.6 Å². The van der Waals surface area contributed by atoms with Gasteiger partial charge in [0.05, 0.1) is 19.2 Å². The second-order valence-electron chi connectivity index (χ2n) is 9.44. The molecule has 1 aliphatic carbocycles. The number of benzene rings is 2. The Hall–Kier alpha value is -3.12. The number of anilines is 1. The first-order valence-corrected chi connectivity index (χ1v) is 13.1. The van der Waals surface area contributed by atoms with E-state index in [4.69, 9.17) is 4.74 Å². The minimum atomic E-state index is -0.807. The number of carbonyl (C=O) groups is 2. The van der Waals surface area contributed by atoms with Crippen LogP contribution in [-0.2, 0) is 16.0 Å². The van der Waals surface area contributed by atoms with Crippen LogP contribution in [-0.4, -0.2) is 25.0 Å². The first-order chi connectivity index (χ1) is 16.9. The lowest BCUT2D eigenvalue weighted by Gasteiger charge is -2.34. The number of hydrogen-bond donors (Lipinski definition) is 1. The zero-order chi connectivity index (χ0) is 24.9. The van der Waals surface area contributed by atoms with Gasteiger partial charge in [-0.2, -0.15) is 0 Å². The lowest BCUT2D eigenvalue weighted by Crippen LogP contribution is -2.47. The zero-order valence-corrected chi connectivity index (χ0v) is 21.8. The Morgan fingerprint density at radius 1 is 1.06 bits per heavy atom. The highest BCUT2D eigenvalue weighted by molar-refractivity contribution is 7.10. The molecule has 6 heteroatoms. The molecule has 1 aliphatic rings. The van der Waals surface area contributed by atoms with E-state index >= 15 is 0 Å². The SMILES string of the molecule is COc1cccc(C(C(=O)NC2CCCC2)N(C(=O)Cc2cccs2)c2c(C)cc(C)cc2C)c1. The third-order valence-corrected chi connectivity index (χ3v) is 7.54. The summed E-state index contributed by atoms with van der Waals surface area (Å²) in [6.07, 6.45) is 4.42. The van der Waals surface area contributed by atoms with Crippen LogP contribution in [0.2, 0.25) is 0 Å². The molecule has 1 unspecified atom stereocenters. The van der Waals surface area contributed by atoms with Gasteiger partial charge < -0.3 is 10.1 Å². The van der Waals surface area contributed by atoms with Crippen molar-refractivity contribution in [1.82, 2.24) is 5.32 Å². The number of hydrogen-bond acceptors (Lipinski definition) is 4. The Balaban J connectivity index is 1.85. The number of rotatable bonds is 8. The second kappa shape index (κ2) is 11.1. The largest absolute Gasteiger partial charge is 0.497 e. The van der Waals surface area contributed by atoms with Crippen LogP contribution in [0.5, 0.6) is 5.75 Å². The van der Waals surface area contributed by atoms with E-state index < -0.39 is 6.04 Å². The quantitative estimate of drug-likeness (QED) is 0.418. The smallest absolute Gasteiger partial charge is 0.248 e. The van der Waals surface area contributed by atoms with E-state index in [1.165, 1.54) is 0 Å². The van der Waals surface area contributed by atoms with Gasteiger partial charge in [0.1, 0.15) is 11.8 Å². The molecule has 5 nitrogen and oxygen atoms in total. The number of aryl methyl sites for hydroxylation is 3. The first kappa shape index (κ1) is 25.0. The van der Waals surface area contributed by atoms with Gasteiger partial charge in [0.2, 0.25) is 11.8 Å². The average molecular weight is 491 g/mol. The summed E-state index contributed by atoms with van der Waals surface area (Å²) in [4.78, 5) is 30.7. The Labute approximate surface area is 212 Å². The summed E-state index contributed by atoms with van der Waals surface area (Å²) in [5.74, 6) is 0.408. The summed E-state index contributed by atoms with van der Waals surface area (Å²) < 4.78 is 5.48. The molecule has 35 heavy (non-hydrogen) atoms. The van der Waals surface area contributed by atoms with Crippen LogP contribution >= 0.6 is 11.3 Å². The monoisotopic (exact) mass is 490 g/mol. The molecule has 1 N–H and O–H groups in total. The summed E-state index contributed by atoms with van der Waals surface area (Å²) in [5, 5.41) is 5.23. The van der Waals surface area contributed by atoms with E-state index in [1.54, 1.807) is 23.3 Å². The maximum Gasteiger partial charge on any atom is 0.248 e.